The SMILES string of the molecule is CC.CC.Cc1ccnc(-n2nc(C(=O)O)c3c2CC(C)CC3)c1. The smallest absolute Gasteiger partial charge is 0.356 e. The lowest BCUT2D eigenvalue weighted by atomic mass is 9.88. The quantitative estimate of drug-likeness (QED) is 0.882. The van der Waals surface area contributed by atoms with Gasteiger partial charge < -0.3 is 5.11 Å². The summed E-state index contributed by atoms with van der Waals surface area (Å²) in [7, 11) is 0. The van der Waals surface area contributed by atoms with Crippen LogP contribution in [-0.2, 0) is 12.8 Å². The molecule has 1 unspecified atom stereocenters. The van der Waals surface area contributed by atoms with E-state index in [1.165, 1.54) is 0 Å². The molecule has 0 bridgehead atoms. The van der Waals surface area contributed by atoms with E-state index >= 15 is 0 Å². The molecule has 2 heterocycles. The molecule has 0 saturated heterocycles. The van der Waals surface area contributed by atoms with Crippen molar-refractivity contribution in [1.82, 2.24) is 14.8 Å². The predicted molar refractivity (Wildman–Crippen MR) is 96.9 cm³/mol. The third-order valence-corrected chi connectivity index (χ3v) is 3.84. The summed E-state index contributed by atoms with van der Waals surface area (Å²) in [5, 5.41) is 13.6. The summed E-state index contributed by atoms with van der Waals surface area (Å²) in [5.41, 5.74) is 3.13. The Morgan fingerprint density at radius 2 is 1.96 bits per heavy atom. The van der Waals surface area contributed by atoms with Crippen molar-refractivity contribution in [2.45, 2.75) is 60.8 Å². The van der Waals surface area contributed by atoms with Crippen LogP contribution < -0.4 is 0 Å². The molecule has 0 aromatic carbocycles. The van der Waals surface area contributed by atoms with Crippen LogP contribution >= 0.6 is 0 Å². The molecule has 5 nitrogen and oxygen atoms in total. The van der Waals surface area contributed by atoms with Gasteiger partial charge in [-0.1, -0.05) is 34.6 Å². The first-order chi connectivity index (χ1) is 11.6. The summed E-state index contributed by atoms with van der Waals surface area (Å²) in [6.07, 6.45) is 4.38. The summed E-state index contributed by atoms with van der Waals surface area (Å²) >= 11 is 0. The number of nitrogens with zero attached hydrogens (tertiary/aromatic N) is 3. The maximum Gasteiger partial charge on any atom is 0.356 e. The zero-order valence-electron chi connectivity index (χ0n) is 15.6. The number of rotatable bonds is 2. The Hall–Kier alpha value is -2.17. The van der Waals surface area contributed by atoms with Crippen molar-refractivity contribution < 1.29 is 9.90 Å². The number of carboxylic acids is 1. The number of carboxylic acid groups (broad SMARTS) is 1. The molecule has 1 aliphatic rings. The van der Waals surface area contributed by atoms with E-state index in [1.807, 2.05) is 46.8 Å². The molecule has 3 rings (SSSR count). The average Bonchev–Trinajstić information content (AvgIpc) is 2.97. The van der Waals surface area contributed by atoms with Gasteiger partial charge in [0.15, 0.2) is 11.5 Å². The van der Waals surface area contributed by atoms with Crippen LogP contribution in [0.1, 0.15) is 68.3 Å². The normalized spacial score (nSPS) is 15.3. The number of aromatic nitrogens is 3. The van der Waals surface area contributed by atoms with Crippen LogP contribution in [0.25, 0.3) is 5.82 Å². The van der Waals surface area contributed by atoms with Gasteiger partial charge in [0, 0.05) is 11.8 Å². The Kier molecular flexibility index (Phi) is 7.62. The Balaban J connectivity index is 0.000000671. The van der Waals surface area contributed by atoms with Gasteiger partial charge in [0.25, 0.3) is 0 Å². The lowest BCUT2D eigenvalue weighted by Gasteiger charge is -2.19. The predicted octanol–water partition coefficient (Wildman–Crippen LogP) is 4.45. The zero-order chi connectivity index (χ0) is 18.3. The topological polar surface area (TPSA) is 68.0 Å². The summed E-state index contributed by atoms with van der Waals surface area (Å²) in [5.74, 6) is 0.287. The van der Waals surface area contributed by atoms with Gasteiger partial charge >= 0.3 is 5.97 Å². The van der Waals surface area contributed by atoms with Crippen molar-refractivity contribution in [3.05, 3.63) is 40.8 Å². The van der Waals surface area contributed by atoms with Crippen LogP contribution in [-0.4, -0.2) is 25.8 Å². The number of carbonyl (C=O) groups is 1. The molecule has 132 valence electrons. The van der Waals surface area contributed by atoms with Crippen LogP contribution in [0.5, 0.6) is 0 Å². The Morgan fingerprint density at radius 3 is 2.54 bits per heavy atom. The first-order valence-electron chi connectivity index (χ1n) is 8.83. The van der Waals surface area contributed by atoms with Crippen molar-refractivity contribution >= 4 is 5.97 Å². The van der Waals surface area contributed by atoms with E-state index < -0.39 is 5.97 Å². The van der Waals surface area contributed by atoms with Crippen molar-refractivity contribution in [3.63, 3.8) is 0 Å². The van der Waals surface area contributed by atoms with E-state index in [0.29, 0.717) is 11.7 Å². The molecule has 0 spiro atoms. The lowest BCUT2D eigenvalue weighted by Crippen LogP contribution is -2.15. The molecule has 5 heteroatoms. The van der Waals surface area contributed by atoms with Gasteiger partial charge in [-0.15, -0.1) is 0 Å². The number of aryl methyl sites for hydroxylation is 1. The molecule has 0 radical (unpaired) electrons. The molecular weight excluding hydrogens is 302 g/mol. The van der Waals surface area contributed by atoms with E-state index in [4.69, 9.17) is 0 Å². The number of hydrogen-bond donors (Lipinski definition) is 1. The van der Waals surface area contributed by atoms with Gasteiger partial charge in [-0.3, -0.25) is 0 Å². The Bertz CT molecular complexity index is 677. The second-order valence-electron chi connectivity index (χ2n) is 5.53. The Labute approximate surface area is 144 Å². The van der Waals surface area contributed by atoms with Crippen LogP contribution in [0.3, 0.4) is 0 Å². The largest absolute Gasteiger partial charge is 0.476 e. The highest BCUT2D eigenvalue weighted by Crippen LogP contribution is 2.29. The third kappa shape index (κ3) is 4.22. The van der Waals surface area contributed by atoms with Gasteiger partial charge in [0.1, 0.15) is 0 Å². The number of pyridine rings is 1. The fraction of sp³-hybridized carbons (Fsp3) is 0.526. The molecule has 0 aliphatic heterocycles. The summed E-state index contributed by atoms with van der Waals surface area (Å²) in [6.45, 7) is 12.2. The molecule has 0 saturated carbocycles. The lowest BCUT2D eigenvalue weighted by molar-refractivity contribution is 0.0688. The van der Waals surface area contributed by atoms with E-state index in [-0.39, 0.29) is 5.69 Å². The van der Waals surface area contributed by atoms with Gasteiger partial charge in [-0.05, 0) is 49.8 Å². The van der Waals surface area contributed by atoms with E-state index in [1.54, 1.807) is 10.9 Å². The van der Waals surface area contributed by atoms with Crippen LogP contribution in [0.15, 0.2) is 18.3 Å². The van der Waals surface area contributed by atoms with Crippen molar-refractivity contribution in [3.8, 4) is 5.82 Å². The number of fused-ring (bicyclic) bond motifs is 1. The maximum atomic E-state index is 11.4. The minimum absolute atomic E-state index is 0.176. The molecule has 0 amide bonds. The summed E-state index contributed by atoms with van der Waals surface area (Å²) < 4.78 is 1.71. The average molecular weight is 331 g/mol. The first-order valence-corrected chi connectivity index (χ1v) is 8.83. The van der Waals surface area contributed by atoms with Gasteiger partial charge in [-0.25, -0.2) is 14.5 Å². The van der Waals surface area contributed by atoms with E-state index in [2.05, 4.69) is 17.0 Å². The number of hydrogen-bond acceptors (Lipinski definition) is 3. The summed E-state index contributed by atoms with van der Waals surface area (Å²) in [4.78, 5) is 15.7. The highest BCUT2D eigenvalue weighted by Gasteiger charge is 2.28. The maximum absolute atomic E-state index is 11.4. The van der Waals surface area contributed by atoms with Gasteiger partial charge in [0.2, 0.25) is 0 Å². The van der Waals surface area contributed by atoms with Crippen LogP contribution in [0.4, 0.5) is 0 Å². The van der Waals surface area contributed by atoms with E-state index in [0.717, 1.165) is 36.1 Å². The molecule has 24 heavy (non-hydrogen) atoms. The molecular formula is C19H29N3O2. The zero-order valence-corrected chi connectivity index (χ0v) is 15.6. The van der Waals surface area contributed by atoms with Crippen molar-refractivity contribution in [1.29, 1.82) is 0 Å². The second-order valence-corrected chi connectivity index (χ2v) is 5.53. The van der Waals surface area contributed by atoms with Crippen molar-refractivity contribution in [2.75, 3.05) is 0 Å². The second kappa shape index (κ2) is 9.21. The molecule has 1 N–H and O–H groups in total. The van der Waals surface area contributed by atoms with Crippen LogP contribution in [0.2, 0.25) is 0 Å². The van der Waals surface area contributed by atoms with Crippen molar-refractivity contribution in [2.24, 2.45) is 5.92 Å². The molecule has 0 fully saturated rings. The monoisotopic (exact) mass is 331 g/mol. The van der Waals surface area contributed by atoms with Gasteiger partial charge in [0.05, 0.1) is 5.69 Å². The highest BCUT2D eigenvalue weighted by atomic mass is 16.4. The fourth-order valence-corrected chi connectivity index (χ4v) is 2.78. The standard InChI is InChI=1S/C15H17N3O2.2C2H6/c1-9-3-4-11-12(7-9)18(17-14(11)15(19)20)13-8-10(2)5-6-16-13;2*1-2/h5-6,8-9H,3-4,7H2,1-2H3,(H,19,20);2*1-2H3. The molecule has 2 aromatic heterocycles. The Morgan fingerprint density at radius 1 is 1.29 bits per heavy atom. The van der Waals surface area contributed by atoms with Gasteiger partial charge in [-0.2, -0.15) is 5.10 Å². The summed E-state index contributed by atoms with van der Waals surface area (Å²) in [6, 6.07) is 3.85. The number of aromatic carboxylic acids is 1. The van der Waals surface area contributed by atoms with Crippen LogP contribution in [0, 0.1) is 12.8 Å². The first kappa shape index (κ1) is 19.9. The third-order valence-electron chi connectivity index (χ3n) is 3.84. The fourth-order valence-electron chi connectivity index (χ4n) is 2.78. The molecule has 1 atom stereocenters. The molecule has 1 aliphatic carbocycles. The minimum atomic E-state index is -0.956. The minimum Gasteiger partial charge on any atom is -0.476 e. The highest BCUT2D eigenvalue weighted by molar-refractivity contribution is 5.87. The van der Waals surface area contributed by atoms with E-state index in [9.17, 15) is 9.90 Å². The molecule has 2 aromatic rings.